The number of fused-ring (bicyclic) bond motifs is 1. The Kier molecular flexibility index (Phi) is 5.89. The van der Waals surface area contributed by atoms with Crippen molar-refractivity contribution in [1.82, 2.24) is 19.2 Å². The molecule has 0 atom stereocenters. The van der Waals surface area contributed by atoms with Crippen LogP contribution in [0.5, 0.6) is 0 Å². The Labute approximate surface area is 171 Å². The van der Waals surface area contributed by atoms with Gasteiger partial charge in [0.25, 0.3) is 5.91 Å². The van der Waals surface area contributed by atoms with Crippen LogP contribution in [0.15, 0.2) is 29.6 Å². The van der Waals surface area contributed by atoms with Gasteiger partial charge in [0.1, 0.15) is 0 Å². The minimum absolute atomic E-state index is 0.0863. The van der Waals surface area contributed by atoms with Gasteiger partial charge < -0.3 is 9.64 Å². The van der Waals surface area contributed by atoms with Crippen LogP contribution in [0.3, 0.4) is 0 Å². The van der Waals surface area contributed by atoms with E-state index in [0.717, 1.165) is 58.4 Å². The first-order valence-corrected chi connectivity index (χ1v) is 12.1. The van der Waals surface area contributed by atoms with E-state index in [4.69, 9.17) is 4.74 Å². The summed E-state index contributed by atoms with van der Waals surface area (Å²) in [5, 5.41) is -0.0863. The van der Waals surface area contributed by atoms with E-state index < -0.39 is 9.84 Å². The van der Waals surface area contributed by atoms with Gasteiger partial charge in [-0.1, -0.05) is 6.07 Å². The molecule has 2 saturated heterocycles. The summed E-state index contributed by atoms with van der Waals surface area (Å²) in [5.41, 5.74) is 0.755. The normalized spacial score (nSPS) is 19.7. The zero-order chi connectivity index (χ0) is 20.4. The number of hydrogen-bond donors (Lipinski definition) is 0. The number of carbonyl (C=O) groups excluding carboxylic acids is 1. The summed E-state index contributed by atoms with van der Waals surface area (Å²) in [4.78, 5) is 21.6. The summed E-state index contributed by atoms with van der Waals surface area (Å²) in [6, 6.07) is 5.26. The Morgan fingerprint density at radius 3 is 2.59 bits per heavy atom. The highest BCUT2D eigenvalue weighted by Gasteiger charge is 2.29. The van der Waals surface area contributed by atoms with Gasteiger partial charge >= 0.3 is 0 Å². The highest BCUT2D eigenvalue weighted by atomic mass is 32.2. The van der Waals surface area contributed by atoms with Crippen LogP contribution in [0.2, 0.25) is 0 Å². The molecular weight excluding hydrogens is 392 g/mol. The van der Waals surface area contributed by atoms with Gasteiger partial charge in [0, 0.05) is 38.6 Å². The summed E-state index contributed by atoms with van der Waals surface area (Å²) in [6.45, 7) is 6.12. The van der Waals surface area contributed by atoms with Gasteiger partial charge in [-0.3, -0.25) is 14.1 Å². The van der Waals surface area contributed by atoms with Crippen molar-refractivity contribution in [3.63, 3.8) is 0 Å². The quantitative estimate of drug-likeness (QED) is 0.725. The Morgan fingerprint density at radius 2 is 1.90 bits per heavy atom. The average Bonchev–Trinajstić information content (AvgIpc) is 3.13. The number of imidazole rings is 1. The van der Waals surface area contributed by atoms with E-state index in [0.29, 0.717) is 24.5 Å². The van der Waals surface area contributed by atoms with E-state index in [1.165, 1.54) is 4.40 Å². The van der Waals surface area contributed by atoms with E-state index in [2.05, 4.69) is 9.88 Å². The lowest BCUT2D eigenvalue weighted by atomic mass is 9.93. The number of sulfone groups is 1. The molecule has 4 heterocycles. The minimum Gasteiger partial charge on any atom is -0.379 e. The monoisotopic (exact) mass is 420 g/mol. The molecule has 1 amide bonds. The van der Waals surface area contributed by atoms with Crippen LogP contribution in [0, 0.1) is 5.92 Å². The number of likely N-dealkylation sites (tertiary alicyclic amines) is 1. The number of pyridine rings is 1. The van der Waals surface area contributed by atoms with Gasteiger partial charge in [-0.25, -0.2) is 13.4 Å². The Morgan fingerprint density at radius 1 is 1.17 bits per heavy atom. The molecular formula is C20H28N4O4S. The van der Waals surface area contributed by atoms with Gasteiger partial charge in [0.15, 0.2) is 5.69 Å². The van der Waals surface area contributed by atoms with Crippen LogP contribution < -0.4 is 0 Å². The third-order valence-corrected chi connectivity index (χ3v) is 6.86. The Hall–Kier alpha value is -1.97. The molecule has 2 fully saturated rings. The van der Waals surface area contributed by atoms with Crippen LogP contribution in [-0.4, -0.2) is 85.7 Å². The average molecular weight is 421 g/mol. The summed E-state index contributed by atoms with van der Waals surface area (Å²) in [6.07, 6.45) is 5.84. The third kappa shape index (κ3) is 4.46. The van der Waals surface area contributed by atoms with E-state index in [1.807, 2.05) is 4.90 Å². The molecule has 4 rings (SSSR count). The van der Waals surface area contributed by atoms with Crippen LogP contribution in [-0.2, 0) is 14.6 Å². The molecule has 9 heteroatoms. The molecule has 2 aromatic heterocycles. The Balaban J connectivity index is 1.41. The van der Waals surface area contributed by atoms with E-state index in [-0.39, 0.29) is 16.8 Å². The molecule has 2 aliphatic rings. The number of aromatic nitrogens is 2. The lowest BCUT2D eigenvalue weighted by molar-refractivity contribution is 0.0332. The second kappa shape index (κ2) is 8.41. The predicted octanol–water partition coefficient (Wildman–Crippen LogP) is 1.31. The molecule has 0 bridgehead atoms. The van der Waals surface area contributed by atoms with Gasteiger partial charge in [-0.05, 0) is 43.9 Å². The van der Waals surface area contributed by atoms with Gasteiger partial charge in [0.2, 0.25) is 15.0 Å². The SMILES string of the molecule is CS(=O)(=O)c1nc(C(=O)N2CCC(CCN3CCOCC3)CC2)c2ccccn12. The van der Waals surface area contributed by atoms with Crippen molar-refractivity contribution in [3.8, 4) is 0 Å². The molecule has 29 heavy (non-hydrogen) atoms. The third-order valence-electron chi connectivity index (χ3n) is 5.91. The number of nitrogens with zero attached hydrogens (tertiary/aromatic N) is 4. The molecule has 158 valence electrons. The fraction of sp³-hybridized carbons (Fsp3) is 0.600. The summed E-state index contributed by atoms with van der Waals surface area (Å²) in [7, 11) is -3.53. The zero-order valence-electron chi connectivity index (χ0n) is 16.8. The number of piperidine rings is 1. The highest BCUT2D eigenvalue weighted by molar-refractivity contribution is 7.90. The van der Waals surface area contributed by atoms with Crippen molar-refractivity contribution >= 4 is 21.3 Å². The lowest BCUT2D eigenvalue weighted by Gasteiger charge is -2.33. The molecule has 2 aliphatic heterocycles. The van der Waals surface area contributed by atoms with Crippen molar-refractivity contribution in [2.45, 2.75) is 24.4 Å². The molecule has 0 saturated carbocycles. The number of amides is 1. The van der Waals surface area contributed by atoms with Crippen molar-refractivity contribution in [3.05, 3.63) is 30.1 Å². The van der Waals surface area contributed by atoms with Crippen LogP contribution in [0.4, 0.5) is 0 Å². The number of rotatable bonds is 5. The fourth-order valence-corrected chi connectivity index (χ4v) is 4.97. The molecule has 0 aromatic carbocycles. The van der Waals surface area contributed by atoms with Crippen LogP contribution in [0.1, 0.15) is 29.8 Å². The van der Waals surface area contributed by atoms with Crippen molar-refractivity contribution in [2.24, 2.45) is 5.92 Å². The number of ether oxygens (including phenoxy) is 1. The largest absolute Gasteiger partial charge is 0.379 e. The molecule has 0 spiro atoms. The van der Waals surface area contributed by atoms with Crippen molar-refractivity contribution < 1.29 is 17.9 Å². The number of hydrogen-bond acceptors (Lipinski definition) is 6. The maximum absolute atomic E-state index is 13.1. The van der Waals surface area contributed by atoms with Crippen LogP contribution in [0.25, 0.3) is 5.52 Å². The molecule has 0 N–H and O–H groups in total. The van der Waals surface area contributed by atoms with Gasteiger partial charge in [-0.15, -0.1) is 0 Å². The maximum atomic E-state index is 13.1. The summed E-state index contributed by atoms with van der Waals surface area (Å²) < 4.78 is 31.0. The van der Waals surface area contributed by atoms with E-state index >= 15 is 0 Å². The molecule has 0 unspecified atom stereocenters. The van der Waals surface area contributed by atoms with Gasteiger partial charge in [0.05, 0.1) is 18.7 Å². The van der Waals surface area contributed by atoms with E-state index in [1.54, 1.807) is 24.4 Å². The van der Waals surface area contributed by atoms with Crippen molar-refractivity contribution in [1.29, 1.82) is 0 Å². The zero-order valence-corrected chi connectivity index (χ0v) is 17.6. The Bertz CT molecular complexity index is 974. The molecule has 8 nitrogen and oxygen atoms in total. The summed E-state index contributed by atoms with van der Waals surface area (Å²) in [5.74, 6) is 0.433. The van der Waals surface area contributed by atoms with Crippen molar-refractivity contribution in [2.75, 3.05) is 52.2 Å². The smallest absolute Gasteiger partial charge is 0.274 e. The second-order valence-corrected chi connectivity index (χ2v) is 9.86. The standard InChI is InChI=1S/C20H28N4O4S/c1-29(26,27)20-21-18(17-4-2-3-8-24(17)20)19(25)23-10-6-16(7-11-23)5-9-22-12-14-28-15-13-22/h2-4,8,16H,5-7,9-15H2,1H3. The van der Waals surface area contributed by atoms with Gasteiger partial charge in [-0.2, -0.15) is 0 Å². The van der Waals surface area contributed by atoms with Crippen LogP contribution >= 0.6 is 0 Å². The number of morpholine rings is 1. The first kappa shape index (κ1) is 20.3. The highest BCUT2D eigenvalue weighted by Crippen LogP contribution is 2.24. The lowest BCUT2D eigenvalue weighted by Crippen LogP contribution is -2.41. The molecule has 0 aliphatic carbocycles. The second-order valence-electron chi connectivity index (χ2n) is 7.95. The predicted molar refractivity (Wildman–Crippen MR) is 109 cm³/mol. The molecule has 2 aromatic rings. The van der Waals surface area contributed by atoms with E-state index in [9.17, 15) is 13.2 Å². The minimum atomic E-state index is -3.53. The molecule has 0 radical (unpaired) electrons. The topological polar surface area (TPSA) is 84.2 Å². The fourth-order valence-electron chi connectivity index (χ4n) is 4.19. The maximum Gasteiger partial charge on any atom is 0.274 e. The summed E-state index contributed by atoms with van der Waals surface area (Å²) >= 11 is 0. The first-order chi connectivity index (χ1) is 13.9. The first-order valence-electron chi connectivity index (χ1n) is 10.2. The number of carbonyl (C=O) groups is 1.